The summed E-state index contributed by atoms with van der Waals surface area (Å²) < 4.78 is 5.46. The molecule has 1 amide bonds. The third kappa shape index (κ3) is 3.76. The van der Waals surface area contributed by atoms with E-state index in [-0.39, 0.29) is 23.8 Å². The number of nitrogens with zero attached hydrogens (tertiary/aromatic N) is 1. The highest BCUT2D eigenvalue weighted by Gasteiger charge is 2.45. The molecule has 0 aromatic rings. The van der Waals surface area contributed by atoms with Crippen LogP contribution in [0.25, 0.3) is 0 Å². The molecule has 1 unspecified atom stereocenters. The molecule has 1 atom stereocenters. The molecule has 1 aliphatic carbocycles. The number of amides is 1. The second kappa shape index (κ2) is 7.25. The van der Waals surface area contributed by atoms with Gasteiger partial charge in [-0.15, -0.1) is 0 Å². The molecule has 1 aliphatic heterocycles. The Bertz CT molecular complexity index is 376. The monoisotopic (exact) mass is 297 g/mol. The van der Waals surface area contributed by atoms with Crippen molar-refractivity contribution < 1.29 is 19.4 Å². The standard InChI is InChI=1S/C16H27NO4/c1-2-21-11-9-16(7-3-4-8-16)15(20)17-10-5-6-13(17)12-14(18)19/h13H,2-12H2,1H3,(H,18,19). The van der Waals surface area contributed by atoms with Crippen LogP contribution < -0.4 is 0 Å². The Morgan fingerprint density at radius 1 is 1.29 bits per heavy atom. The van der Waals surface area contributed by atoms with E-state index < -0.39 is 5.97 Å². The lowest BCUT2D eigenvalue weighted by molar-refractivity contribution is -0.146. The van der Waals surface area contributed by atoms with Gasteiger partial charge in [-0.2, -0.15) is 0 Å². The van der Waals surface area contributed by atoms with E-state index >= 15 is 0 Å². The maximum Gasteiger partial charge on any atom is 0.305 e. The molecule has 0 bridgehead atoms. The van der Waals surface area contributed by atoms with Gasteiger partial charge >= 0.3 is 5.97 Å². The molecule has 5 heteroatoms. The molecule has 21 heavy (non-hydrogen) atoms. The number of carbonyl (C=O) groups is 2. The molecule has 120 valence electrons. The summed E-state index contributed by atoms with van der Waals surface area (Å²) in [5, 5.41) is 9.02. The number of rotatable bonds is 7. The van der Waals surface area contributed by atoms with E-state index in [1.165, 1.54) is 0 Å². The van der Waals surface area contributed by atoms with Gasteiger partial charge in [-0.3, -0.25) is 9.59 Å². The number of carboxylic acid groups (broad SMARTS) is 1. The first kappa shape index (κ1) is 16.3. The van der Waals surface area contributed by atoms with E-state index in [0.29, 0.717) is 19.8 Å². The van der Waals surface area contributed by atoms with Crippen molar-refractivity contribution in [3.63, 3.8) is 0 Å². The highest BCUT2D eigenvalue weighted by molar-refractivity contribution is 5.84. The Morgan fingerprint density at radius 2 is 2.00 bits per heavy atom. The van der Waals surface area contributed by atoms with Gasteiger partial charge in [0.1, 0.15) is 0 Å². The maximum absolute atomic E-state index is 13.0. The highest BCUT2D eigenvalue weighted by atomic mass is 16.5. The average Bonchev–Trinajstić information content (AvgIpc) is 3.08. The fourth-order valence-electron chi connectivity index (χ4n) is 3.86. The summed E-state index contributed by atoms with van der Waals surface area (Å²) in [5.74, 6) is -0.627. The normalized spacial score (nSPS) is 24.4. The third-order valence-corrected chi connectivity index (χ3v) is 4.99. The van der Waals surface area contributed by atoms with Crippen LogP contribution in [0.1, 0.15) is 58.3 Å². The van der Waals surface area contributed by atoms with Gasteiger partial charge in [0.2, 0.25) is 5.91 Å². The minimum absolute atomic E-state index is 0.0767. The van der Waals surface area contributed by atoms with Crippen molar-refractivity contribution >= 4 is 11.9 Å². The van der Waals surface area contributed by atoms with Crippen LogP contribution in [-0.4, -0.2) is 47.7 Å². The van der Waals surface area contributed by atoms with Gasteiger partial charge in [0.05, 0.1) is 11.8 Å². The zero-order chi connectivity index (χ0) is 15.3. The molecule has 1 heterocycles. The zero-order valence-electron chi connectivity index (χ0n) is 13.0. The van der Waals surface area contributed by atoms with Gasteiger partial charge in [-0.1, -0.05) is 12.8 Å². The van der Waals surface area contributed by atoms with Crippen molar-refractivity contribution in [2.24, 2.45) is 5.41 Å². The van der Waals surface area contributed by atoms with Gasteiger partial charge < -0.3 is 14.7 Å². The lowest BCUT2D eigenvalue weighted by Crippen LogP contribution is -2.46. The molecule has 0 spiro atoms. The SMILES string of the molecule is CCOCCC1(C(=O)N2CCCC2CC(=O)O)CCCC1. The van der Waals surface area contributed by atoms with Gasteiger partial charge in [0.15, 0.2) is 0 Å². The molecule has 0 radical (unpaired) electrons. The minimum atomic E-state index is -0.811. The van der Waals surface area contributed by atoms with Crippen molar-refractivity contribution in [1.82, 2.24) is 4.90 Å². The Morgan fingerprint density at radius 3 is 2.62 bits per heavy atom. The molecule has 2 rings (SSSR count). The molecule has 1 N–H and O–H groups in total. The van der Waals surface area contributed by atoms with Crippen molar-refractivity contribution in [2.45, 2.75) is 64.3 Å². The summed E-state index contributed by atoms with van der Waals surface area (Å²) in [6.45, 7) is 3.98. The largest absolute Gasteiger partial charge is 0.481 e. The summed E-state index contributed by atoms with van der Waals surface area (Å²) in [6, 6.07) is -0.112. The summed E-state index contributed by atoms with van der Waals surface area (Å²) in [7, 11) is 0. The predicted molar refractivity (Wildman–Crippen MR) is 79.0 cm³/mol. The van der Waals surface area contributed by atoms with Gasteiger partial charge in [0, 0.05) is 25.8 Å². The number of aliphatic carboxylic acids is 1. The van der Waals surface area contributed by atoms with Crippen LogP contribution in [-0.2, 0) is 14.3 Å². The summed E-state index contributed by atoms with van der Waals surface area (Å²) in [5.41, 5.74) is -0.295. The van der Waals surface area contributed by atoms with E-state index in [0.717, 1.165) is 44.9 Å². The Labute approximate surface area is 126 Å². The smallest absolute Gasteiger partial charge is 0.305 e. The molecule has 2 aliphatic rings. The van der Waals surface area contributed by atoms with Crippen molar-refractivity contribution in [3.8, 4) is 0 Å². The lowest BCUT2D eigenvalue weighted by atomic mass is 9.81. The minimum Gasteiger partial charge on any atom is -0.481 e. The van der Waals surface area contributed by atoms with Gasteiger partial charge in [-0.05, 0) is 39.0 Å². The number of hydrogen-bond donors (Lipinski definition) is 1. The number of carboxylic acids is 1. The zero-order valence-corrected chi connectivity index (χ0v) is 13.0. The molecule has 0 aromatic heterocycles. The van der Waals surface area contributed by atoms with Crippen molar-refractivity contribution in [2.75, 3.05) is 19.8 Å². The van der Waals surface area contributed by atoms with Gasteiger partial charge in [0.25, 0.3) is 0 Å². The van der Waals surface area contributed by atoms with Crippen LogP contribution in [0.15, 0.2) is 0 Å². The van der Waals surface area contributed by atoms with Crippen LogP contribution >= 0.6 is 0 Å². The molecular formula is C16H27NO4. The summed E-state index contributed by atoms with van der Waals surface area (Å²) >= 11 is 0. The number of carbonyl (C=O) groups excluding carboxylic acids is 1. The molecular weight excluding hydrogens is 270 g/mol. The number of hydrogen-bond acceptors (Lipinski definition) is 3. The maximum atomic E-state index is 13.0. The van der Waals surface area contributed by atoms with Crippen LogP contribution in [0.5, 0.6) is 0 Å². The van der Waals surface area contributed by atoms with E-state index in [9.17, 15) is 9.59 Å². The van der Waals surface area contributed by atoms with Crippen LogP contribution in [0.2, 0.25) is 0 Å². The number of ether oxygens (including phenoxy) is 1. The van der Waals surface area contributed by atoms with Crippen LogP contribution in [0, 0.1) is 5.41 Å². The fourth-order valence-corrected chi connectivity index (χ4v) is 3.86. The average molecular weight is 297 g/mol. The van der Waals surface area contributed by atoms with E-state index in [1.807, 2.05) is 11.8 Å². The Balaban J connectivity index is 2.05. The highest BCUT2D eigenvalue weighted by Crippen LogP contribution is 2.44. The number of likely N-dealkylation sites (tertiary alicyclic amines) is 1. The predicted octanol–water partition coefficient (Wildman–Crippen LogP) is 2.44. The fraction of sp³-hybridized carbons (Fsp3) is 0.875. The van der Waals surface area contributed by atoms with Gasteiger partial charge in [-0.25, -0.2) is 0 Å². The van der Waals surface area contributed by atoms with E-state index in [1.54, 1.807) is 0 Å². The molecule has 5 nitrogen and oxygen atoms in total. The van der Waals surface area contributed by atoms with Crippen LogP contribution in [0.4, 0.5) is 0 Å². The molecule has 1 saturated carbocycles. The Hall–Kier alpha value is -1.10. The quantitative estimate of drug-likeness (QED) is 0.733. The lowest BCUT2D eigenvalue weighted by Gasteiger charge is -2.35. The first-order valence-electron chi connectivity index (χ1n) is 8.20. The van der Waals surface area contributed by atoms with Crippen molar-refractivity contribution in [1.29, 1.82) is 0 Å². The second-order valence-corrected chi connectivity index (χ2v) is 6.33. The Kier molecular flexibility index (Phi) is 5.62. The first-order valence-corrected chi connectivity index (χ1v) is 8.20. The molecule has 1 saturated heterocycles. The summed E-state index contributed by atoms with van der Waals surface area (Å²) in [6.07, 6.45) is 6.63. The second-order valence-electron chi connectivity index (χ2n) is 6.33. The van der Waals surface area contributed by atoms with E-state index in [2.05, 4.69) is 0 Å². The molecule has 0 aromatic carbocycles. The third-order valence-electron chi connectivity index (χ3n) is 4.99. The molecule has 2 fully saturated rings. The summed E-state index contributed by atoms with van der Waals surface area (Å²) in [4.78, 5) is 25.9. The topological polar surface area (TPSA) is 66.8 Å². The van der Waals surface area contributed by atoms with E-state index in [4.69, 9.17) is 9.84 Å². The van der Waals surface area contributed by atoms with Crippen LogP contribution in [0.3, 0.4) is 0 Å². The van der Waals surface area contributed by atoms with Crippen molar-refractivity contribution in [3.05, 3.63) is 0 Å². The first-order chi connectivity index (χ1) is 10.1.